The lowest BCUT2D eigenvalue weighted by Gasteiger charge is -2.23. The van der Waals surface area contributed by atoms with E-state index in [1.54, 1.807) is 0 Å². The normalized spacial score (nSPS) is 19.5. The van der Waals surface area contributed by atoms with E-state index in [0.29, 0.717) is 17.7 Å². The fourth-order valence-electron chi connectivity index (χ4n) is 2.49. The second kappa shape index (κ2) is 6.83. The molecule has 0 unspecified atom stereocenters. The molecule has 0 aliphatic carbocycles. The van der Waals surface area contributed by atoms with Crippen LogP contribution in [-0.2, 0) is 0 Å². The maximum atomic E-state index is 6.27. The van der Waals surface area contributed by atoms with Crippen molar-refractivity contribution in [3.63, 3.8) is 0 Å². The number of rotatable bonds is 4. The number of benzene rings is 1. The predicted molar refractivity (Wildman–Crippen MR) is 81.7 cm³/mol. The van der Waals surface area contributed by atoms with Crippen LogP contribution in [0.25, 0.3) is 0 Å². The lowest BCUT2D eigenvalue weighted by Crippen LogP contribution is -2.35. The lowest BCUT2D eigenvalue weighted by atomic mass is 10.0. The van der Waals surface area contributed by atoms with Crippen LogP contribution in [0, 0.1) is 13.8 Å². The smallest absolute Gasteiger partial charge is 0.138 e. The molecule has 0 aromatic heterocycles. The molecule has 1 atom stereocenters. The second-order valence-corrected chi connectivity index (χ2v) is 5.98. The molecule has 1 heterocycles. The molecular weight excluding hydrogens is 281 g/mol. The zero-order valence-corrected chi connectivity index (χ0v) is 13.1. The maximum Gasteiger partial charge on any atom is 0.138 e. The molecule has 1 N–H and O–H groups in total. The van der Waals surface area contributed by atoms with Gasteiger partial charge in [-0.05, 0) is 56.8 Å². The Bertz CT molecular complexity index is 442. The van der Waals surface area contributed by atoms with E-state index >= 15 is 0 Å². The first-order chi connectivity index (χ1) is 9.09. The van der Waals surface area contributed by atoms with E-state index in [9.17, 15) is 0 Å². The number of hydrogen-bond donors (Lipinski definition) is 1. The summed E-state index contributed by atoms with van der Waals surface area (Å²) in [5.41, 5.74) is 1.91. The summed E-state index contributed by atoms with van der Waals surface area (Å²) >= 11 is 12.4. The third-order valence-corrected chi connectivity index (χ3v) is 4.76. The number of hydrogen-bond acceptors (Lipinski definition) is 2. The molecule has 1 saturated heterocycles. The summed E-state index contributed by atoms with van der Waals surface area (Å²) in [4.78, 5) is 0. The molecule has 0 amide bonds. The number of aryl methyl sites for hydroxylation is 1. The van der Waals surface area contributed by atoms with Gasteiger partial charge in [-0.2, -0.15) is 0 Å². The van der Waals surface area contributed by atoms with Gasteiger partial charge in [0.1, 0.15) is 5.75 Å². The molecule has 4 heteroatoms. The molecule has 106 valence electrons. The zero-order chi connectivity index (χ0) is 13.8. The molecule has 1 aromatic rings. The summed E-state index contributed by atoms with van der Waals surface area (Å²) in [6.07, 6.45) is 4.88. The van der Waals surface area contributed by atoms with Gasteiger partial charge < -0.3 is 10.1 Å². The van der Waals surface area contributed by atoms with E-state index in [1.807, 2.05) is 19.9 Å². The highest BCUT2D eigenvalue weighted by molar-refractivity contribution is 6.37. The van der Waals surface area contributed by atoms with Gasteiger partial charge in [-0.3, -0.25) is 0 Å². The maximum absolute atomic E-state index is 6.27. The number of piperidine rings is 1. The quantitative estimate of drug-likeness (QED) is 0.883. The van der Waals surface area contributed by atoms with E-state index in [-0.39, 0.29) is 0 Å². The summed E-state index contributed by atoms with van der Waals surface area (Å²) in [5, 5.41) is 4.88. The molecule has 0 radical (unpaired) electrons. The number of halogens is 2. The van der Waals surface area contributed by atoms with Gasteiger partial charge in [-0.1, -0.05) is 29.6 Å². The van der Waals surface area contributed by atoms with Gasteiger partial charge in [0.15, 0.2) is 0 Å². The average Bonchev–Trinajstić information content (AvgIpc) is 2.43. The van der Waals surface area contributed by atoms with E-state index in [4.69, 9.17) is 27.9 Å². The molecule has 1 fully saturated rings. The first-order valence-electron chi connectivity index (χ1n) is 6.91. The highest BCUT2D eigenvalue weighted by Gasteiger charge is 2.14. The molecule has 2 rings (SSSR count). The lowest BCUT2D eigenvalue weighted by molar-refractivity contribution is 0.268. The molecule has 1 aliphatic rings. The predicted octanol–water partition coefficient (Wildman–Crippen LogP) is 4.52. The Morgan fingerprint density at radius 3 is 2.74 bits per heavy atom. The minimum absolute atomic E-state index is 0.585. The van der Waals surface area contributed by atoms with Crippen LogP contribution in [-0.4, -0.2) is 19.2 Å². The van der Waals surface area contributed by atoms with Crippen molar-refractivity contribution in [2.75, 3.05) is 13.2 Å². The number of ether oxygens (including phenoxy) is 1. The topological polar surface area (TPSA) is 21.3 Å². The summed E-state index contributed by atoms with van der Waals surface area (Å²) < 4.78 is 5.83. The van der Waals surface area contributed by atoms with Crippen LogP contribution in [0.4, 0.5) is 0 Å². The first-order valence-corrected chi connectivity index (χ1v) is 7.66. The minimum atomic E-state index is 0.585. The molecule has 0 bridgehead atoms. The molecule has 0 saturated carbocycles. The Balaban J connectivity index is 1.92. The average molecular weight is 302 g/mol. The molecule has 0 spiro atoms. The van der Waals surface area contributed by atoms with Crippen LogP contribution < -0.4 is 10.1 Å². The van der Waals surface area contributed by atoms with Crippen molar-refractivity contribution in [1.29, 1.82) is 0 Å². The molecule has 19 heavy (non-hydrogen) atoms. The van der Waals surface area contributed by atoms with Gasteiger partial charge in [-0.15, -0.1) is 0 Å². The summed E-state index contributed by atoms with van der Waals surface area (Å²) in [6.45, 7) is 5.72. The Kier molecular flexibility index (Phi) is 5.37. The monoisotopic (exact) mass is 301 g/mol. The molecule has 1 aromatic carbocycles. The van der Waals surface area contributed by atoms with Crippen LogP contribution in [0.15, 0.2) is 6.07 Å². The van der Waals surface area contributed by atoms with Crippen LogP contribution in [0.2, 0.25) is 10.0 Å². The summed E-state index contributed by atoms with van der Waals surface area (Å²) in [7, 11) is 0. The first kappa shape index (κ1) is 15.0. The fraction of sp³-hybridized carbons (Fsp3) is 0.600. The van der Waals surface area contributed by atoms with Gasteiger partial charge in [0.05, 0.1) is 11.6 Å². The van der Waals surface area contributed by atoms with E-state index in [2.05, 4.69) is 5.32 Å². The van der Waals surface area contributed by atoms with Gasteiger partial charge in [-0.25, -0.2) is 0 Å². The van der Waals surface area contributed by atoms with Crippen LogP contribution in [0.1, 0.15) is 36.8 Å². The Hall–Kier alpha value is -0.440. The zero-order valence-electron chi connectivity index (χ0n) is 11.6. The SMILES string of the molecule is Cc1cc(OCC[C@@H]2CCCCN2)c(Cl)c(C)c1Cl. The standard InChI is InChI=1S/C15H21Cl2NO/c1-10-9-13(15(17)11(2)14(10)16)19-8-6-12-5-3-4-7-18-12/h9,12,18H,3-8H2,1-2H3/t12-/m0/s1. The number of nitrogens with one attached hydrogen (secondary N) is 1. The van der Waals surface area contributed by atoms with E-state index in [0.717, 1.165) is 34.9 Å². The summed E-state index contributed by atoms with van der Waals surface area (Å²) in [6, 6.07) is 2.51. The molecular formula is C15H21Cl2NO. The van der Waals surface area contributed by atoms with Crippen molar-refractivity contribution in [1.82, 2.24) is 5.32 Å². The minimum Gasteiger partial charge on any atom is -0.492 e. The van der Waals surface area contributed by atoms with Crippen LogP contribution >= 0.6 is 23.2 Å². The van der Waals surface area contributed by atoms with E-state index < -0.39 is 0 Å². The van der Waals surface area contributed by atoms with Gasteiger partial charge >= 0.3 is 0 Å². The van der Waals surface area contributed by atoms with E-state index in [1.165, 1.54) is 19.3 Å². The third-order valence-electron chi connectivity index (χ3n) is 3.70. The Morgan fingerprint density at radius 1 is 1.26 bits per heavy atom. The van der Waals surface area contributed by atoms with Gasteiger partial charge in [0, 0.05) is 11.1 Å². The fourth-order valence-corrected chi connectivity index (χ4v) is 2.89. The van der Waals surface area contributed by atoms with Crippen molar-refractivity contribution in [3.8, 4) is 5.75 Å². The van der Waals surface area contributed by atoms with Gasteiger partial charge in [0.2, 0.25) is 0 Å². The van der Waals surface area contributed by atoms with Crippen molar-refractivity contribution >= 4 is 23.2 Å². The van der Waals surface area contributed by atoms with Gasteiger partial charge in [0.25, 0.3) is 0 Å². The molecule has 1 aliphatic heterocycles. The van der Waals surface area contributed by atoms with Crippen molar-refractivity contribution < 1.29 is 4.74 Å². The third kappa shape index (κ3) is 3.77. The second-order valence-electron chi connectivity index (χ2n) is 5.23. The Morgan fingerprint density at radius 2 is 2.05 bits per heavy atom. The summed E-state index contributed by atoms with van der Waals surface area (Å²) in [5.74, 6) is 0.747. The highest BCUT2D eigenvalue weighted by atomic mass is 35.5. The van der Waals surface area contributed by atoms with Crippen molar-refractivity contribution in [2.24, 2.45) is 0 Å². The van der Waals surface area contributed by atoms with Crippen LogP contribution in [0.3, 0.4) is 0 Å². The Labute approximate surface area is 125 Å². The van der Waals surface area contributed by atoms with Crippen molar-refractivity contribution in [3.05, 3.63) is 27.2 Å². The van der Waals surface area contributed by atoms with Crippen LogP contribution in [0.5, 0.6) is 5.75 Å². The largest absolute Gasteiger partial charge is 0.492 e. The van der Waals surface area contributed by atoms with Crippen molar-refractivity contribution in [2.45, 2.75) is 45.6 Å². The highest BCUT2D eigenvalue weighted by Crippen LogP contribution is 2.35. The molecule has 2 nitrogen and oxygen atoms in total.